The summed E-state index contributed by atoms with van der Waals surface area (Å²) >= 11 is 1.03. The molecule has 0 saturated heterocycles. The van der Waals surface area contributed by atoms with Gasteiger partial charge in [-0.2, -0.15) is 0 Å². The number of anilines is 1. The summed E-state index contributed by atoms with van der Waals surface area (Å²) in [5, 5.41) is 3.13. The molecule has 1 heterocycles. The molecule has 1 aliphatic carbocycles. The Kier molecular flexibility index (Phi) is 9.52. The molecule has 1 aromatic heterocycles. The number of carbonyl (C=O) groups excluding carboxylic acids is 3. The van der Waals surface area contributed by atoms with Crippen molar-refractivity contribution < 1.29 is 23.9 Å². The number of nitrogens with zero attached hydrogens (tertiary/aromatic N) is 1. The lowest BCUT2D eigenvalue weighted by atomic mass is 10.1. The Morgan fingerprint density at radius 2 is 1.83 bits per heavy atom. The number of likely N-dealkylation sites (N-methyl/N-ethyl adjacent to an activating group) is 1. The van der Waals surface area contributed by atoms with Crippen LogP contribution in [0.4, 0.5) is 5.00 Å². The molecular weight excluding hydrogens is 404 g/mol. The van der Waals surface area contributed by atoms with Gasteiger partial charge >= 0.3 is 11.9 Å². The normalized spacial score (nSPS) is 14.8. The predicted octanol–water partition coefficient (Wildman–Crippen LogP) is 4.17. The van der Waals surface area contributed by atoms with E-state index in [4.69, 9.17) is 9.47 Å². The number of hydrogen-bond donors (Lipinski definition) is 1. The van der Waals surface area contributed by atoms with Gasteiger partial charge in [0.2, 0.25) is 5.91 Å². The second-order valence-corrected chi connectivity index (χ2v) is 8.50. The van der Waals surface area contributed by atoms with Crippen molar-refractivity contribution in [2.45, 2.75) is 58.4 Å². The molecule has 0 atom stereocenters. The number of hydrogen-bond acceptors (Lipinski definition) is 7. The van der Waals surface area contributed by atoms with Gasteiger partial charge in [0.25, 0.3) is 0 Å². The first-order valence-electron chi connectivity index (χ1n) is 10.5. The third-order valence-corrected chi connectivity index (χ3v) is 6.43. The van der Waals surface area contributed by atoms with E-state index >= 15 is 0 Å². The van der Waals surface area contributed by atoms with Crippen LogP contribution in [-0.2, 0) is 14.3 Å². The summed E-state index contributed by atoms with van der Waals surface area (Å²) in [6.45, 7) is 7.37. The molecule has 0 spiro atoms. The second kappa shape index (κ2) is 11.9. The summed E-state index contributed by atoms with van der Waals surface area (Å²) < 4.78 is 10.2. The van der Waals surface area contributed by atoms with Crippen LogP contribution in [0.1, 0.15) is 71.0 Å². The molecule has 30 heavy (non-hydrogen) atoms. The van der Waals surface area contributed by atoms with Gasteiger partial charge in [-0.25, -0.2) is 9.59 Å². The van der Waals surface area contributed by atoms with Crippen molar-refractivity contribution in [2.75, 3.05) is 32.1 Å². The van der Waals surface area contributed by atoms with Crippen molar-refractivity contribution in [3.8, 4) is 0 Å². The Hall–Kier alpha value is -2.19. The third-order valence-electron chi connectivity index (χ3n) is 5.24. The van der Waals surface area contributed by atoms with E-state index in [2.05, 4.69) is 16.8 Å². The highest BCUT2D eigenvalue weighted by molar-refractivity contribution is 7.18. The zero-order valence-electron chi connectivity index (χ0n) is 18.1. The lowest BCUT2D eigenvalue weighted by Gasteiger charge is -2.26. The summed E-state index contributed by atoms with van der Waals surface area (Å²) in [6, 6.07) is 0.386. The maximum absolute atomic E-state index is 12.7. The largest absolute Gasteiger partial charge is 0.462 e. The molecule has 1 saturated carbocycles. The fourth-order valence-corrected chi connectivity index (χ4v) is 4.77. The number of ether oxygens (including phenoxy) is 2. The number of nitrogens with one attached hydrogen (secondary N) is 1. The van der Waals surface area contributed by atoms with Crippen molar-refractivity contribution in [1.82, 2.24) is 4.90 Å². The van der Waals surface area contributed by atoms with Crippen LogP contribution in [0.25, 0.3) is 0 Å². The minimum Gasteiger partial charge on any atom is -0.462 e. The second-order valence-electron chi connectivity index (χ2n) is 7.48. The highest BCUT2D eigenvalue weighted by Gasteiger charge is 2.28. The van der Waals surface area contributed by atoms with Gasteiger partial charge in [-0.05, 0) is 39.3 Å². The zero-order valence-corrected chi connectivity index (χ0v) is 18.9. The van der Waals surface area contributed by atoms with E-state index in [1.807, 2.05) is 7.05 Å². The quantitative estimate of drug-likeness (QED) is 0.355. The van der Waals surface area contributed by atoms with Crippen LogP contribution < -0.4 is 5.32 Å². The van der Waals surface area contributed by atoms with E-state index in [-0.39, 0.29) is 36.1 Å². The van der Waals surface area contributed by atoms with Gasteiger partial charge in [0, 0.05) is 6.04 Å². The van der Waals surface area contributed by atoms with Gasteiger partial charge in [-0.1, -0.05) is 38.3 Å². The Labute approximate surface area is 182 Å². The van der Waals surface area contributed by atoms with Crippen LogP contribution in [-0.4, -0.2) is 55.6 Å². The molecule has 7 nitrogen and oxygen atoms in total. The summed E-state index contributed by atoms with van der Waals surface area (Å²) in [5.74, 6) is -1.35. The van der Waals surface area contributed by atoms with E-state index < -0.39 is 11.9 Å². The highest BCUT2D eigenvalue weighted by Crippen LogP contribution is 2.34. The molecule has 1 amide bonds. The Morgan fingerprint density at radius 3 is 2.43 bits per heavy atom. The summed E-state index contributed by atoms with van der Waals surface area (Å²) in [4.78, 5) is 39.9. The number of carbonyl (C=O) groups is 3. The number of thiophene rings is 1. The van der Waals surface area contributed by atoms with Crippen molar-refractivity contribution in [3.63, 3.8) is 0 Å². The van der Waals surface area contributed by atoms with Crippen molar-refractivity contribution >= 4 is 34.2 Å². The molecule has 0 unspecified atom stereocenters. The molecular formula is C22H32N2O5S. The smallest absolute Gasteiger partial charge is 0.348 e. The Balaban J connectivity index is 2.17. The molecule has 0 aromatic carbocycles. The van der Waals surface area contributed by atoms with E-state index in [0.29, 0.717) is 16.6 Å². The van der Waals surface area contributed by atoms with Crippen molar-refractivity contribution in [1.29, 1.82) is 0 Å². The van der Waals surface area contributed by atoms with Gasteiger partial charge in [-0.15, -0.1) is 11.3 Å². The van der Waals surface area contributed by atoms with Gasteiger partial charge in [-0.3, -0.25) is 9.69 Å². The average molecular weight is 437 g/mol. The first-order valence-corrected chi connectivity index (χ1v) is 11.3. The van der Waals surface area contributed by atoms with Crippen LogP contribution in [0.5, 0.6) is 0 Å². The van der Waals surface area contributed by atoms with E-state index in [0.717, 1.165) is 24.2 Å². The SMILES string of the molecule is C=CCOC(=O)c1sc(NC(=O)CN(C)C2CCCCCC2)c(C(=O)OCC)c1C. The third kappa shape index (κ3) is 6.40. The van der Waals surface area contributed by atoms with Crippen molar-refractivity contribution in [2.24, 2.45) is 0 Å². The van der Waals surface area contributed by atoms with E-state index in [9.17, 15) is 14.4 Å². The lowest BCUT2D eigenvalue weighted by Crippen LogP contribution is -2.37. The van der Waals surface area contributed by atoms with Gasteiger partial charge < -0.3 is 14.8 Å². The van der Waals surface area contributed by atoms with Gasteiger partial charge in [0.1, 0.15) is 16.5 Å². The minimum atomic E-state index is -0.568. The van der Waals surface area contributed by atoms with Crippen LogP contribution in [0.15, 0.2) is 12.7 Å². The summed E-state index contributed by atoms with van der Waals surface area (Å²) in [6.07, 6.45) is 8.52. The average Bonchev–Trinajstić information content (AvgIpc) is 2.88. The fourth-order valence-electron chi connectivity index (χ4n) is 3.67. The Bertz CT molecular complexity index is 766. The van der Waals surface area contributed by atoms with Crippen LogP contribution in [0, 0.1) is 6.92 Å². The van der Waals surface area contributed by atoms with Crippen LogP contribution in [0.3, 0.4) is 0 Å². The molecule has 2 rings (SSSR count). The van der Waals surface area contributed by atoms with E-state index in [1.54, 1.807) is 13.8 Å². The highest BCUT2D eigenvalue weighted by atomic mass is 32.1. The molecule has 1 N–H and O–H groups in total. The number of esters is 2. The maximum Gasteiger partial charge on any atom is 0.348 e. The molecule has 1 aromatic rings. The summed E-state index contributed by atoms with van der Waals surface area (Å²) in [7, 11) is 1.96. The van der Waals surface area contributed by atoms with Crippen LogP contribution in [0.2, 0.25) is 0 Å². The number of amides is 1. The standard InChI is InChI=1S/C22H32N2O5S/c1-5-13-29-22(27)19-15(3)18(21(26)28-6-2)20(30-19)23-17(25)14-24(4)16-11-9-7-8-10-12-16/h5,16H,1,6-14H2,2-4H3,(H,23,25). The molecule has 1 aliphatic rings. The van der Waals surface area contributed by atoms with Gasteiger partial charge in [0.05, 0.1) is 18.7 Å². The molecule has 0 aliphatic heterocycles. The molecule has 166 valence electrons. The number of rotatable bonds is 9. The van der Waals surface area contributed by atoms with Gasteiger partial charge in [0.15, 0.2) is 0 Å². The Morgan fingerprint density at radius 1 is 1.17 bits per heavy atom. The molecule has 0 bridgehead atoms. The maximum atomic E-state index is 12.7. The molecule has 8 heteroatoms. The predicted molar refractivity (Wildman–Crippen MR) is 118 cm³/mol. The molecule has 1 fully saturated rings. The van der Waals surface area contributed by atoms with Crippen LogP contribution >= 0.6 is 11.3 Å². The first kappa shape index (κ1) is 24.1. The van der Waals surface area contributed by atoms with E-state index in [1.165, 1.54) is 31.8 Å². The fraction of sp³-hybridized carbons (Fsp3) is 0.591. The topological polar surface area (TPSA) is 84.9 Å². The minimum absolute atomic E-state index is 0.0682. The zero-order chi connectivity index (χ0) is 22.1. The first-order chi connectivity index (χ1) is 14.4. The van der Waals surface area contributed by atoms with Crippen molar-refractivity contribution in [3.05, 3.63) is 28.7 Å². The summed E-state index contributed by atoms with van der Waals surface area (Å²) in [5.41, 5.74) is 0.651. The lowest BCUT2D eigenvalue weighted by molar-refractivity contribution is -0.117. The monoisotopic (exact) mass is 436 g/mol. The molecule has 0 radical (unpaired) electrons.